The molecule has 3 nitrogen and oxygen atoms in total. The van der Waals surface area contributed by atoms with Gasteiger partial charge in [0.25, 0.3) is 0 Å². The summed E-state index contributed by atoms with van der Waals surface area (Å²) in [5, 5.41) is 9.00. The summed E-state index contributed by atoms with van der Waals surface area (Å²) in [6, 6.07) is 0. The number of hydrogen-bond acceptors (Lipinski definition) is 2. The molecule has 0 aromatic carbocycles. The van der Waals surface area contributed by atoms with Crippen LogP contribution in [0.5, 0.6) is 0 Å². The van der Waals surface area contributed by atoms with E-state index in [0.717, 1.165) is 32.5 Å². The van der Waals surface area contributed by atoms with Gasteiger partial charge in [0.2, 0.25) is 0 Å². The Morgan fingerprint density at radius 3 is 2.62 bits per heavy atom. The average molecular weight is 185 g/mol. The van der Waals surface area contributed by atoms with Gasteiger partial charge in [-0.1, -0.05) is 20.3 Å². The van der Waals surface area contributed by atoms with Crippen LogP contribution in [0, 0.1) is 11.8 Å². The fraction of sp³-hybridized carbons (Fsp3) is 0.900. The molecule has 1 rings (SSSR count). The fourth-order valence-electron chi connectivity index (χ4n) is 2.16. The van der Waals surface area contributed by atoms with Crippen molar-refractivity contribution in [2.24, 2.45) is 11.8 Å². The molecule has 1 N–H and O–H groups in total. The first-order valence-electron chi connectivity index (χ1n) is 5.14. The molecule has 0 aliphatic carbocycles. The van der Waals surface area contributed by atoms with Gasteiger partial charge < -0.3 is 10.0 Å². The summed E-state index contributed by atoms with van der Waals surface area (Å²) in [5.74, 6) is -0.364. The molecule has 2 atom stereocenters. The van der Waals surface area contributed by atoms with E-state index < -0.39 is 5.97 Å². The van der Waals surface area contributed by atoms with E-state index in [1.165, 1.54) is 0 Å². The minimum atomic E-state index is -0.616. The van der Waals surface area contributed by atoms with E-state index in [1.807, 2.05) is 0 Å². The van der Waals surface area contributed by atoms with Gasteiger partial charge in [-0.15, -0.1) is 0 Å². The normalized spacial score (nSPS) is 29.4. The predicted octanol–water partition coefficient (Wildman–Crippen LogP) is 1.44. The molecular weight excluding hydrogens is 166 g/mol. The zero-order valence-electron chi connectivity index (χ0n) is 8.49. The summed E-state index contributed by atoms with van der Waals surface area (Å²) < 4.78 is 0. The van der Waals surface area contributed by atoms with Crippen molar-refractivity contribution in [2.45, 2.75) is 26.7 Å². The Morgan fingerprint density at radius 1 is 1.46 bits per heavy atom. The predicted molar refractivity (Wildman–Crippen MR) is 51.6 cm³/mol. The number of aliphatic carboxylic acids is 1. The Bertz CT molecular complexity index is 182. The molecule has 0 unspecified atom stereocenters. The third-order valence-electron chi connectivity index (χ3n) is 2.94. The van der Waals surface area contributed by atoms with Crippen LogP contribution < -0.4 is 0 Å². The van der Waals surface area contributed by atoms with Gasteiger partial charge in [-0.05, 0) is 18.9 Å². The first-order chi connectivity index (χ1) is 6.19. The van der Waals surface area contributed by atoms with E-state index in [-0.39, 0.29) is 5.92 Å². The van der Waals surface area contributed by atoms with Crippen LogP contribution in [0.2, 0.25) is 0 Å². The number of likely N-dealkylation sites (tertiary alicyclic amines) is 1. The zero-order chi connectivity index (χ0) is 9.84. The first kappa shape index (κ1) is 10.5. The second kappa shape index (κ2) is 4.61. The van der Waals surface area contributed by atoms with Crippen molar-refractivity contribution in [1.82, 2.24) is 4.90 Å². The summed E-state index contributed by atoms with van der Waals surface area (Å²) >= 11 is 0. The van der Waals surface area contributed by atoms with Crippen LogP contribution in [0.15, 0.2) is 0 Å². The second-order valence-corrected chi connectivity index (χ2v) is 3.85. The lowest BCUT2D eigenvalue weighted by atomic mass is 9.92. The number of nitrogens with zero attached hydrogens (tertiary/aromatic N) is 1. The highest BCUT2D eigenvalue weighted by Crippen LogP contribution is 2.27. The molecule has 1 aliphatic heterocycles. The lowest BCUT2D eigenvalue weighted by Gasteiger charge is -2.12. The van der Waals surface area contributed by atoms with Crippen LogP contribution in [0.3, 0.4) is 0 Å². The van der Waals surface area contributed by atoms with Gasteiger partial charge in [-0.3, -0.25) is 4.79 Å². The molecule has 76 valence electrons. The topological polar surface area (TPSA) is 40.5 Å². The van der Waals surface area contributed by atoms with Crippen LogP contribution in [0.25, 0.3) is 0 Å². The van der Waals surface area contributed by atoms with Gasteiger partial charge in [0, 0.05) is 13.1 Å². The largest absolute Gasteiger partial charge is 0.481 e. The van der Waals surface area contributed by atoms with Crippen LogP contribution in [-0.4, -0.2) is 35.6 Å². The maximum absolute atomic E-state index is 10.9. The van der Waals surface area contributed by atoms with E-state index in [9.17, 15) is 4.79 Å². The van der Waals surface area contributed by atoms with E-state index >= 15 is 0 Å². The maximum Gasteiger partial charge on any atom is 0.308 e. The minimum absolute atomic E-state index is 0.125. The van der Waals surface area contributed by atoms with Crippen LogP contribution in [0.4, 0.5) is 0 Å². The highest BCUT2D eigenvalue weighted by molar-refractivity contribution is 5.71. The van der Waals surface area contributed by atoms with Gasteiger partial charge in [0.15, 0.2) is 0 Å². The van der Waals surface area contributed by atoms with Gasteiger partial charge in [0.05, 0.1) is 5.92 Å². The molecule has 0 aromatic heterocycles. The number of carboxylic acids is 1. The molecule has 0 radical (unpaired) electrons. The van der Waals surface area contributed by atoms with Crippen molar-refractivity contribution in [3.63, 3.8) is 0 Å². The molecule has 0 saturated carbocycles. The molecule has 1 saturated heterocycles. The first-order valence-corrected chi connectivity index (χ1v) is 5.14. The smallest absolute Gasteiger partial charge is 0.308 e. The molecule has 1 fully saturated rings. The fourth-order valence-corrected chi connectivity index (χ4v) is 2.16. The summed E-state index contributed by atoms with van der Waals surface area (Å²) in [4.78, 5) is 13.2. The van der Waals surface area contributed by atoms with Crippen molar-refractivity contribution in [1.29, 1.82) is 0 Å². The third kappa shape index (κ3) is 2.44. The SMILES string of the molecule is CCC[C@@H]1CN(CC)C[C@H]1C(=O)O. The third-order valence-corrected chi connectivity index (χ3v) is 2.94. The maximum atomic E-state index is 10.9. The van der Waals surface area contributed by atoms with Crippen molar-refractivity contribution in [3.05, 3.63) is 0 Å². The highest BCUT2D eigenvalue weighted by Gasteiger charge is 2.35. The van der Waals surface area contributed by atoms with E-state index in [2.05, 4.69) is 18.7 Å². The monoisotopic (exact) mass is 185 g/mol. The van der Waals surface area contributed by atoms with Crippen molar-refractivity contribution < 1.29 is 9.90 Å². The molecule has 0 aromatic rings. The van der Waals surface area contributed by atoms with E-state index in [0.29, 0.717) is 5.92 Å². The summed E-state index contributed by atoms with van der Waals surface area (Å²) in [5.41, 5.74) is 0. The number of rotatable bonds is 4. The number of carboxylic acid groups (broad SMARTS) is 1. The second-order valence-electron chi connectivity index (χ2n) is 3.85. The van der Waals surface area contributed by atoms with E-state index in [1.54, 1.807) is 0 Å². The lowest BCUT2D eigenvalue weighted by molar-refractivity contribution is -0.142. The van der Waals surface area contributed by atoms with Crippen molar-refractivity contribution in [3.8, 4) is 0 Å². The van der Waals surface area contributed by atoms with Gasteiger partial charge in [-0.2, -0.15) is 0 Å². The van der Waals surface area contributed by atoms with Crippen molar-refractivity contribution >= 4 is 5.97 Å². The molecule has 13 heavy (non-hydrogen) atoms. The summed E-state index contributed by atoms with van der Waals surface area (Å²) in [6.45, 7) is 6.91. The van der Waals surface area contributed by atoms with Gasteiger partial charge in [-0.25, -0.2) is 0 Å². The van der Waals surface area contributed by atoms with Gasteiger partial charge >= 0.3 is 5.97 Å². The number of carbonyl (C=O) groups is 1. The van der Waals surface area contributed by atoms with Crippen molar-refractivity contribution in [2.75, 3.05) is 19.6 Å². The molecular formula is C10H19NO2. The van der Waals surface area contributed by atoms with Crippen LogP contribution >= 0.6 is 0 Å². The molecule has 0 spiro atoms. The quantitative estimate of drug-likeness (QED) is 0.720. The highest BCUT2D eigenvalue weighted by atomic mass is 16.4. The lowest BCUT2D eigenvalue weighted by Crippen LogP contribution is -2.23. The Kier molecular flexibility index (Phi) is 3.72. The Hall–Kier alpha value is -0.570. The molecule has 0 amide bonds. The zero-order valence-corrected chi connectivity index (χ0v) is 8.49. The minimum Gasteiger partial charge on any atom is -0.481 e. The van der Waals surface area contributed by atoms with Crippen LogP contribution in [0.1, 0.15) is 26.7 Å². The van der Waals surface area contributed by atoms with E-state index in [4.69, 9.17) is 5.11 Å². The van der Waals surface area contributed by atoms with Gasteiger partial charge in [0.1, 0.15) is 0 Å². The average Bonchev–Trinajstić information content (AvgIpc) is 2.48. The van der Waals surface area contributed by atoms with Crippen LogP contribution in [-0.2, 0) is 4.79 Å². The Morgan fingerprint density at radius 2 is 2.15 bits per heavy atom. The molecule has 0 bridgehead atoms. The molecule has 3 heteroatoms. The summed E-state index contributed by atoms with van der Waals surface area (Å²) in [7, 11) is 0. The summed E-state index contributed by atoms with van der Waals surface area (Å²) in [6.07, 6.45) is 2.14. The Balaban J connectivity index is 2.54. The Labute approximate surface area is 79.7 Å². The molecule has 1 aliphatic rings. The standard InChI is InChI=1S/C10H19NO2/c1-3-5-8-6-11(4-2)7-9(8)10(12)13/h8-9H,3-7H2,1-2H3,(H,12,13)/t8-,9-/m1/s1. The molecule has 1 heterocycles. The number of hydrogen-bond donors (Lipinski definition) is 1.